The van der Waals surface area contributed by atoms with Crippen LogP contribution in [0.4, 0.5) is 0 Å². The Labute approximate surface area is 116 Å². The van der Waals surface area contributed by atoms with Gasteiger partial charge in [0.15, 0.2) is 0 Å². The molecule has 1 aliphatic carbocycles. The van der Waals surface area contributed by atoms with Gasteiger partial charge >= 0.3 is 0 Å². The molecule has 0 atom stereocenters. The molecule has 1 aliphatic rings. The van der Waals surface area contributed by atoms with Gasteiger partial charge in [-0.2, -0.15) is 0 Å². The summed E-state index contributed by atoms with van der Waals surface area (Å²) >= 11 is 0. The van der Waals surface area contributed by atoms with E-state index in [1.165, 1.54) is 17.5 Å². The van der Waals surface area contributed by atoms with Gasteiger partial charge in [0.05, 0.1) is 6.61 Å². The molecular formula is C16H25NO2. The molecule has 2 rings (SSSR count). The molecule has 1 aromatic rings. The van der Waals surface area contributed by atoms with E-state index in [0.29, 0.717) is 13.2 Å². The van der Waals surface area contributed by atoms with Gasteiger partial charge in [0.25, 0.3) is 0 Å². The van der Waals surface area contributed by atoms with Crippen LogP contribution in [0.3, 0.4) is 0 Å². The monoisotopic (exact) mass is 263 g/mol. The Morgan fingerprint density at radius 1 is 1.37 bits per heavy atom. The van der Waals surface area contributed by atoms with Gasteiger partial charge in [-0.15, -0.1) is 0 Å². The standard InChI is InChI=1S/C16H25NO2/c1-3-19-15-6-5-14(9-13(15)2)10-17-11-16(12-18)7-4-8-16/h5-6,9,17-18H,3-4,7-8,10-12H2,1-2H3. The molecule has 0 heterocycles. The zero-order valence-corrected chi connectivity index (χ0v) is 12.0. The molecule has 0 bridgehead atoms. The Hall–Kier alpha value is -1.06. The molecule has 1 saturated carbocycles. The van der Waals surface area contributed by atoms with Gasteiger partial charge < -0.3 is 15.2 Å². The van der Waals surface area contributed by atoms with Crippen molar-refractivity contribution in [3.63, 3.8) is 0 Å². The van der Waals surface area contributed by atoms with Crippen LogP contribution in [0.5, 0.6) is 5.75 Å². The summed E-state index contributed by atoms with van der Waals surface area (Å²) in [5.41, 5.74) is 2.61. The predicted octanol–water partition coefficient (Wildman–Crippen LogP) is 2.65. The number of hydrogen-bond acceptors (Lipinski definition) is 3. The molecule has 0 radical (unpaired) electrons. The van der Waals surface area contributed by atoms with Gasteiger partial charge in [-0.1, -0.05) is 18.6 Å². The average Bonchev–Trinajstić information content (AvgIpc) is 2.36. The van der Waals surface area contributed by atoms with E-state index < -0.39 is 0 Å². The summed E-state index contributed by atoms with van der Waals surface area (Å²) in [4.78, 5) is 0. The summed E-state index contributed by atoms with van der Waals surface area (Å²) in [5, 5.41) is 12.9. The topological polar surface area (TPSA) is 41.5 Å². The van der Waals surface area contributed by atoms with Gasteiger partial charge in [-0.25, -0.2) is 0 Å². The third kappa shape index (κ3) is 3.48. The summed E-state index contributed by atoms with van der Waals surface area (Å²) in [6, 6.07) is 6.32. The van der Waals surface area contributed by atoms with E-state index in [2.05, 4.69) is 24.4 Å². The maximum Gasteiger partial charge on any atom is 0.122 e. The fraction of sp³-hybridized carbons (Fsp3) is 0.625. The Morgan fingerprint density at radius 2 is 2.16 bits per heavy atom. The van der Waals surface area contributed by atoms with Gasteiger partial charge in [-0.05, 0) is 43.9 Å². The lowest BCUT2D eigenvalue weighted by molar-refractivity contribution is 0.0445. The molecule has 0 aliphatic heterocycles. The number of aryl methyl sites for hydroxylation is 1. The van der Waals surface area contributed by atoms with Crippen molar-refractivity contribution in [1.82, 2.24) is 5.32 Å². The molecule has 1 aromatic carbocycles. The van der Waals surface area contributed by atoms with Gasteiger partial charge in [0, 0.05) is 25.1 Å². The zero-order valence-electron chi connectivity index (χ0n) is 12.0. The molecule has 19 heavy (non-hydrogen) atoms. The van der Waals surface area contributed by atoms with Crippen LogP contribution in [0.2, 0.25) is 0 Å². The third-order valence-electron chi connectivity index (χ3n) is 4.12. The Balaban J connectivity index is 1.84. The van der Waals surface area contributed by atoms with E-state index >= 15 is 0 Å². The van der Waals surface area contributed by atoms with E-state index in [0.717, 1.165) is 31.7 Å². The van der Waals surface area contributed by atoms with Crippen LogP contribution in [-0.2, 0) is 6.54 Å². The van der Waals surface area contributed by atoms with E-state index in [1.54, 1.807) is 0 Å². The first kappa shape index (κ1) is 14.4. The first-order chi connectivity index (χ1) is 9.19. The minimum absolute atomic E-state index is 0.153. The van der Waals surface area contributed by atoms with Crippen molar-refractivity contribution in [1.29, 1.82) is 0 Å². The molecule has 1 fully saturated rings. The fourth-order valence-corrected chi connectivity index (χ4v) is 2.68. The van der Waals surface area contributed by atoms with Crippen molar-refractivity contribution in [2.24, 2.45) is 5.41 Å². The van der Waals surface area contributed by atoms with Crippen LogP contribution >= 0.6 is 0 Å². The molecule has 3 nitrogen and oxygen atoms in total. The van der Waals surface area contributed by atoms with Crippen molar-refractivity contribution in [2.75, 3.05) is 19.8 Å². The molecule has 106 valence electrons. The lowest BCUT2D eigenvalue weighted by Crippen LogP contribution is -2.42. The smallest absolute Gasteiger partial charge is 0.122 e. The second-order valence-corrected chi connectivity index (χ2v) is 5.65. The number of hydrogen-bond donors (Lipinski definition) is 2. The van der Waals surface area contributed by atoms with Gasteiger partial charge in [0.2, 0.25) is 0 Å². The minimum atomic E-state index is 0.153. The lowest BCUT2D eigenvalue weighted by Gasteiger charge is -2.40. The molecule has 0 spiro atoms. The molecular weight excluding hydrogens is 238 g/mol. The Bertz CT molecular complexity index is 408. The van der Waals surface area contributed by atoms with Crippen LogP contribution in [0.15, 0.2) is 18.2 Å². The molecule has 2 N–H and O–H groups in total. The van der Waals surface area contributed by atoms with Crippen molar-refractivity contribution in [3.8, 4) is 5.75 Å². The number of aliphatic hydroxyl groups excluding tert-OH is 1. The second kappa shape index (κ2) is 6.40. The molecule has 3 heteroatoms. The molecule has 0 saturated heterocycles. The van der Waals surface area contributed by atoms with Gasteiger partial charge in [0.1, 0.15) is 5.75 Å². The number of nitrogens with one attached hydrogen (secondary N) is 1. The van der Waals surface area contributed by atoms with Crippen molar-refractivity contribution in [3.05, 3.63) is 29.3 Å². The van der Waals surface area contributed by atoms with E-state index in [1.807, 2.05) is 13.0 Å². The van der Waals surface area contributed by atoms with E-state index in [4.69, 9.17) is 4.74 Å². The fourth-order valence-electron chi connectivity index (χ4n) is 2.68. The highest BCUT2D eigenvalue weighted by molar-refractivity contribution is 5.36. The average molecular weight is 263 g/mol. The summed E-state index contributed by atoms with van der Waals surface area (Å²) in [7, 11) is 0. The highest BCUT2D eigenvalue weighted by atomic mass is 16.5. The molecule has 0 amide bonds. The first-order valence-corrected chi connectivity index (χ1v) is 7.23. The van der Waals surface area contributed by atoms with Crippen LogP contribution in [0, 0.1) is 12.3 Å². The number of benzene rings is 1. The number of rotatable bonds is 7. The predicted molar refractivity (Wildman–Crippen MR) is 77.4 cm³/mol. The quantitative estimate of drug-likeness (QED) is 0.794. The number of aliphatic hydroxyl groups is 1. The normalized spacial score (nSPS) is 17.0. The maximum atomic E-state index is 9.42. The van der Waals surface area contributed by atoms with Crippen molar-refractivity contribution < 1.29 is 9.84 Å². The van der Waals surface area contributed by atoms with Crippen LogP contribution in [0.25, 0.3) is 0 Å². The van der Waals surface area contributed by atoms with Gasteiger partial charge in [-0.3, -0.25) is 0 Å². The SMILES string of the molecule is CCOc1ccc(CNCC2(CO)CCC2)cc1C. The van der Waals surface area contributed by atoms with Crippen molar-refractivity contribution >= 4 is 0 Å². The third-order valence-corrected chi connectivity index (χ3v) is 4.12. The van der Waals surface area contributed by atoms with E-state index in [9.17, 15) is 5.11 Å². The Morgan fingerprint density at radius 3 is 2.68 bits per heavy atom. The Kier molecular flexibility index (Phi) is 4.83. The summed E-state index contributed by atoms with van der Waals surface area (Å²) < 4.78 is 5.54. The van der Waals surface area contributed by atoms with Crippen LogP contribution in [-0.4, -0.2) is 24.9 Å². The van der Waals surface area contributed by atoms with E-state index in [-0.39, 0.29) is 5.41 Å². The zero-order chi connectivity index (χ0) is 13.7. The summed E-state index contributed by atoms with van der Waals surface area (Å²) in [6.07, 6.45) is 3.56. The lowest BCUT2D eigenvalue weighted by atomic mass is 9.69. The number of ether oxygens (including phenoxy) is 1. The maximum absolute atomic E-state index is 9.42. The minimum Gasteiger partial charge on any atom is -0.494 e. The summed E-state index contributed by atoms with van der Waals surface area (Å²) in [6.45, 7) is 6.86. The van der Waals surface area contributed by atoms with Crippen molar-refractivity contribution in [2.45, 2.75) is 39.7 Å². The van der Waals surface area contributed by atoms with Crippen LogP contribution < -0.4 is 10.1 Å². The summed E-state index contributed by atoms with van der Waals surface area (Å²) in [5.74, 6) is 0.970. The molecule has 0 aromatic heterocycles. The van der Waals surface area contributed by atoms with Crippen LogP contribution in [0.1, 0.15) is 37.3 Å². The second-order valence-electron chi connectivity index (χ2n) is 5.65. The largest absolute Gasteiger partial charge is 0.494 e. The molecule has 0 unspecified atom stereocenters. The highest BCUT2D eigenvalue weighted by Crippen LogP contribution is 2.39. The highest BCUT2D eigenvalue weighted by Gasteiger charge is 2.35. The first-order valence-electron chi connectivity index (χ1n) is 7.23.